The first-order valence-corrected chi connectivity index (χ1v) is 16.5. The van der Waals surface area contributed by atoms with Crippen molar-refractivity contribution in [3.05, 3.63) is 50.1 Å². The number of carboxylic acids is 1. The maximum atomic E-state index is 13.0. The van der Waals surface area contributed by atoms with E-state index in [0.717, 1.165) is 48.1 Å². The van der Waals surface area contributed by atoms with Gasteiger partial charge in [-0.1, -0.05) is 20.8 Å². The molecule has 0 saturated heterocycles. The summed E-state index contributed by atoms with van der Waals surface area (Å²) >= 11 is 1.80. The van der Waals surface area contributed by atoms with Crippen molar-refractivity contribution >= 4 is 36.5 Å². The van der Waals surface area contributed by atoms with Crippen molar-refractivity contribution in [3.8, 4) is 16.2 Å². The Balaban J connectivity index is 1.67. The summed E-state index contributed by atoms with van der Waals surface area (Å²) in [5.41, 5.74) is 3.22. The number of aromatic carboxylic acids is 1. The lowest BCUT2D eigenvalue weighted by Crippen LogP contribution is -2.42. The third-order valence-corrected chi connectivity index (χ3v) is 13.9. The van der Waals surface area contributed by atoms with Crippen LogP contribution in [0.4, 0.5) is 0 Å². The molecule has 192 valence electrons. The number of hydrogen-bond donors (Lipinski definition) is 2. The lowest BCUT2D eigenvalue weighted by atomic mass is 9.93. The second-order valence-corrected chi connectivity index (χ2v) is 17.5. The van der Waals surface area contributed by atoms with E-state index < -0.39 is 19.7 Å². The number of carbonyl (C=O) groups is 1. The van der Waals surface area contributed by atoms with E-state index in [-0.39, 0.29) is 16.7 Å². The zero-order chi connectivity index (χ0) is 26.0. The van der Waals surface area contributed by atoms with Gasteiger partial charge in [0, 0.05) is 21.5 Å². The van der Waals surface area contributed by atoms with Crippen molar-refractivity contribution in [2.75, 3.05) is 7.11 Å². The average molecular weight is 526 g/mol. The van der Waals surface area contributed by atoms with Crippen LogP contribution in [0.3, 0.4) is 0 Å². The molecule has 1 unspecified atom stereocenters. The van der Waals surface area contributed by atoms with Gasteiger partial charge in [0.05, 0.1) is 24.1 Å². The smallest absolute Gasteiger partial charge is 0.341 e. The number of hydrogen-bond acceptors (Lipinski definition) is 5. The molecule has 2 heterocycles. The van der Waals surface area contributed by atoms with E-state index in [1.807, 2.05) is 6.07 Å². The topological polar surface area (TPSA) is 88.6 Å². The predicted octanol–water partition coefficient (Wildman–Crippen LogP) is 7.24. The molecule has 1 atom stereocenters. The van der Waals surface area contributed by atoms with Gasteiger partial charge in [0.1, 0.15) is 5.56 Å². The minimum Gasteiger partial charge on any atom is -0.494 e. The first kappa shape index (κ1) is 25.2. The van der Waals surface area contributed by atoms with E-state index in [9.17, 15) is 14.7 Å². The van der Waals surface area contributed by atoms with Crippen LogP contribution < -0.4 is 10.2 Å². The fraction of sp³-hybridized carbons (Fsp3) is 0.500. The minimum absolute atomic E-state index is 0.105. The van der Waals surface area contributed by atoms with Crippen LogP contribution in [0.15, 0.2) is 23.1 Å². The lowest BCUT2D eigenvalue weighted by Gasteiger charge is -2.40. The lowest BCUT2D eigenvalue weighted by molar-refractivity contribution is 0.0695. The molecule has 0 amide bonds. The molecule has 0 radical (unpaired) electrons. The highest BCUT2D eigenvalue weighted by Crippen LogP contribution is 2.53. The molecule has 36 heavy (non-hydrogen) atoms. The predicted molar refractivity (Wildman–Crippen MR) is 147 cm³/mol. The third-order valence-electron chi connectivity index (χ3n) is 8.16. The molecule has 2 aromatic heterocycles. The Hall–Kier alpha value is -2.42. The fourth-order valence-electron chi connectivity index (χ4n) is 4.98. The Labute approximate surface area is 216 Å². The largest absolute Gasteiger partial charge is 0.494 e. The monoisotopic (exact) mass is 525 g/mol. The van der Waals surface area contributed by atoms with Crippen molar-refractivity contribution in [2.24, 2.45) is 0 Å². The van der Waals surface area contributed by atoms with Gasteiger partial charge in [-0.25, -0.2) is 4.79 Å². The number of aromatic nitrogens is 1. The van der Waals surface area contributed by atoms with Crippen LogP contribution in [-0.2, 0) is 10.8 Å². The van der Waals surface area contributed by atoms with Gasteiger partial charge in [-0.2, -0.15) is 0 Å². The molecule has 0 bridgehead atoms. The van der Waals surface area contributed by atoms with E-state index in [4.69, 9.17) is 9.16 Å². The number of carboxylic acid groups (broad SMARTS) is 1. The Morgan fingerprint density at radius 2 is 1.89 bits per heavy atom. The number of nitrogens with one attached hydrogen (secondary N) is 1. The number of methoxy groups -OCH3 is 1. The fourth-order valence-corrected chi connectivity index (χ4v) is 7.61. The molecular formula is C28H35NO5SSi. The quantitative estimate of drug-likeness (QED) is 0.331. The maximum Gasteiger partial charge on any atom is 0.341 e. The van der Waals surface area contributed by atoms with E-state index in [1.54, 1.807) is 18.4 Å². The van der Waals surface area contributed by atoms with Crippen LogP contribution in [0.5, 0.6) is 5.75 Å². The number of fused-ring (bicyclic) bond motifs is 2. The van der Waals surface area contributed by atoms with Crippen LogP contribution >= 0.6 is 11.3 Å². The Morgan fingerprint density at radius 3 is 2.50 bits per heavy atom. The summed E-state index contributed by atoms with van der Waals surface area (Å²) in [6, 6.07) is 4.19. The van der Waals surface area contributed by atoms with Gasteiger partial charge in [0.15, 0.2) is 14.1 Å². The number of H-pyrrole nitrogens is 1. The summed E-state index contributed by atoms with van der Waals surface area (Å²) < 4.78 is 12.8. The first-order chi connectivity index (χ1) is 16.9. The molecule has 1 fully saturated rings. The zero-order valence-corrected chi connectivity index (χ0v) is 23.7. The van der Waals surface area contributed by atoms with E-state index in [1.165, 1.54) is 16.6 Å². The highest BCUT2D eigenvalue weighted by Gasteiger charge is 2.41. The molecular weight excluding hydrogens is 490 g/mol. The zero-order valence-electron chi connectivity index (χ0n) is 21.9. The van der Waals surface area contributed by atoms with Gasteiger partial charge in [0.25, 0.3) is 0 Å². The number of aryl methyl sites for hydroxylation is 1. The number of rotatable bonds is 6. The molecule has 5 rings (SSSR count). The molecule has 0 aliphatic heterocycles. The summed E-state index contributed by atoms with van der Waals surface area (Å²) in [5, 5.41) is 9.98. The van der Waals surface area contributed by atoms with Crippen molar-refractivity contribution in [2.45, 2.75) is 83.0 Å². The van der Waals surface area contributed by atoms with Gasteiger partial charge >= 0.3 is 5.97 Å². The normalized spacial score (nSPS) is 18.3. The van der Waals surface area contributed by atoms with Crippen LogP contribution in [0.25, 0.3) is 21.3 Å². The third kappa shape index (κ3) is 4.23. The summed E-state index contributed by atoms with van der Waals surface area (Å²) in [6.45, 7) is 11.5. The summed E-state index contributed by atoms with van der Waals surface area (Å²) in [4.78, 5) is 30.2. The van der Waals surface area contributed by atoms with Crippen LogP contribution in [-0.4, -0.2) is 31.5 Å². The molecule has 6 nitrogen and oxygen atoms in total. The van der Waals surface area contributed by atoms with Crippen molar-refractivity contribution < 1.29 is 19.1 Å². The Morgan fingerprint density at radius 1 is 1.17 bits per heavy atom. The number of benzene rings is 1. The van der Waals surface area contributed by atoms with Crippen molar-refractivity contribution in [3.63, 3.8) is 0 Å². The summed E-state index contributed by atoms with van der Waals surface area (Å²) in [5.74, 6) is -0.263. The highest BCUT2D eigenvalue weighted by molar-refractivity contribution is 7.15. The second-order valence-electron chi connectivity index (χ2n) is 11.7. The number of aromatic amines is 1. The number of pyridine rings is 1. The average Bonchev–Trinajstić information content (AvgIpc) is 3.55. The van der Waals surface area contributed by atoms with E-state index >= 15 is 0 Å². The summed E-state index contributed by atoms with van der Waals surface area (Å²) in [7, 11) is -0.312. The minimum atomic E-state index is -1.93. The van der Waals surface area contributed by atoms with E-state index in [0.29, 0.717) is 22.6 Å². The molecule has 1 aromatic carbocycles. The maximum absolute atomic E-state index is 13.0. The molecule has 2 N–H and O–H groups in total. The van der Waals surface area contributed by atoms with E-state index in [2.05, 4.69) is 44.9 Å². The van der Waals surface area contributed by atoms with Crippen LogP contribution in [0.1, 0.15) is 84.8 Å². The SMILES string of the molecule is COc1c(-c2cc3c(s2)CCCC3O[Si](C)(C)C(C)(C)C)c(C2CC2)cc2c(=O)c(C(=O)O)c[nH]c12. The van der Waals surface area contributed by atoms with Gasteiger partial charge in [0.2, 0.25) is 5.43 Å². The number of thiophene rings is 1. The molecule has 3 aromatic rings. The first-order valence-electron chi connectivity index (χ1n) is 12.7. The molecule has 1 saturated carbocycles. The molecule has 2 aliphatic carbocycles. The van der Waals surface area contributed by atoms with Crippen LogP contribution in [0, 0.1) is 0 Å². The van der Waals surface area contributed by atoms with Gasteiger partial charge in [-0.15, -0.1) is 11.3 Å². The molecule has 0 spiro atoms. The summed E-state index contributed by atoms with van der Waals surface area (Å²) in [6.07, 6.45) is 6.69. The second kappa shape index (κ2) is 8.85. The Bertz CT molecular complexity index is 1410. The number of ether oxygens (including phenoxy) is 1. The molecule has 2 aliphatic rings. The van der Waals surface area contributed by atoms with Gasteiger partial charge in [-0.3, -0.25) is 4.79 Å². The van der Waals surface area contributed by atoms with Crippen LogP contribution in [0.2, 0.25) is 18.1 Å². The van der Waals surface area contributed by atoms with Crippen molar-refractivity contribution in [1.29, 1.82) is 0 Å². The van der Waals surface area contributed by atoms with Gasteiger partial charge < -0.3 is 19.3 Å². The van der Waals surface area contributed by atoms with Gasteiger partial charge in [-0.05, 0) is 79.4 Å². The van der Waals surface area contributed by atoms with Crippen molar-refractivity contribution in [1.82, 2.24) is 4.98 Å². The Kier molecular flexibility index (Phi) is 6.21. The highest BCUT2D eigenvalue weighted by atomic mass is 32.1. The standard InChI is InChI=1S/C28H35NO5SSi/c1-28(2,3)36(5,6)34-20-8-7-9-21-17(20)13-22(35-21)23-16(15-10-11-15)12-18-24(26(23)33-4)29-14-19(25(18)30)27(31)32/h12-15,20H,7-11H2,1-6H3,(H,29,30)(H,31,32). The molecule has 8 heteroatoms.